The van der Waals surface area contributed by atoms with E-state index < -0.39 is 6.10 Å². The van der Waals surface area contributed by atoms with E-state index in [1.807, 2.05) is 49.4 Å². The molecule has 20 heavy (non-hydrogen) atoms. The molecule has 0 saturated carbocycles. The average molecular weight is 269 g/mol. The summed E-state index contributed by atoms with van der Waals surface area (Å²) in [5.74, 6) is -0.176. The van der Waals surface area contributed by atoms with E-state index in [-0.39, 0.29) is 11.9 Å². The van der Waals surface area contributed by atoms with E-state index in [4.69, 9.17) is 0 Å². The van der Waals surface area contributed by atoms with E-state index >= 15 is 0 Å². The SMILES string of the molecule is Cc1cccc([C@@H](O)[C@H](C)NC(=O)c2ccccc2)c1. The number of hydrogen-bond donors (Lipinski definition) is 2. The molecule has 0 heterocycles. The lowest BCUT2D eigenvalue weighted by Gasteiger charge is -2.21. The van der Waals surface area contributed by atoms with Crippen molar-refractivity contribution in [3.05, 3.63) is 71.3 Å². The first-order chi connectivity index (χ1) is 9.58. The lowest BCUT2D eigenvalue weighted by molar-refractivity contribution is 0.0852. The summed E-state index contributed by atoms with van der Waals surface area (Å²) >= 11 is 0. The Morgan fingerprint density at radius 1 is 1.10 bits per heavy atom. The highest BCUT2D eigenvalue weighted by molar-refractivity contribution is 5.94. The smallest absolute Gasteiger partial charge is 0.251 e. The largest absolute Gasteiger partial charge is 0.386 e. The number of rotatable bonds is 4. The molecule has 0 aliphatic carbocycles. The molecule has 0 aliphatic heterocycles. The topological polar surface area (TPSA) is 49.3 Å². The molecule has 0 bridgehead atoms. The molecule has 104 valence electrons. The Balaban J connectivity index is 2.05. The predicted molar refractivity (Wildman–Crippen MR) is 79.5 cm³/mol. The number of carbonyl (C=O) groups excluding carboxylic acids is 1. The number of aliphatic hydroxyl groups is 1. The minimum Gasteiger partial charge on any atom is -0.386 e. The molecule has 1 amide bonds. The minimum absolute atomic E-state index is 0.176. The molecular formula is C17H19NO2. The van der Waals surface area contributed by atoms with Gasteiger partial charge in [-0.15, -0.1) is 0 Å². The summed E-state index contributed by atoms with van der Waals surface area (Å²) in [6.07, 6.45) is -0.720. The fourth-order valence-electron chi connectivity index (χ4n) is 2.10. The van der Waals surface area contributed by atoms with Crippen molar-refractivity contribution >= 4 is 5.91 Å². The second-order valence-electron chi connectivity index (χ2n) is 4.99. The minimum atomic E-state index is -0.720. The standard InChI is InChI=1S/C17H19NO2/c1-12-7-6-10-15(11-12)16(19)13(2)18-17(20)14-8-4-3-5-9-14/h3-11,13,16,19H,1-2H3,(H,18,20)/t13-,16-/m0/s1. The van der Waals surface area contributed by atoms with Crippen LogP contribution < -0.4 is 5.32 Å². The highest BCUT2D eigenvalue weighted by Gasteiger charge is 2.19. The van der Waals surface area contributed by atoms with Crippen molar-refractivity contribution in [3.8, 4) is 0 Å². The van der Waals surface area contributed by atoms with Gasteiger partial charge in [0.05, 0.1) is 12.1 Å². The maximum Gasteiger partial charge on any atom is 0.251 e. The third-order valence-corrected chi connectivity index (χ3v) is 3.25. The van der Waals surface area contributed by atoms with Crippen molar-refractivity contribution < 1.29 is 9.90 Å². The summed E-state index contributed by atoms with van der Waals surface area (Å²) in [5, 5.41) is 13.1. The van der Waals surface area contributed by atoms with Crippen molar-refractivity contribution in [3.63, 3.8) is 0 Å². The summed E-state index contributed by atoms with van der Waals surface area (Å²) in [6.45, 7) is 3.78. The van der Waals surface area contributed by atoms with E-state index in [2.05, 4.69) is 5.32 Å². The third-order valence-electron chi connectivity index (χ3n) is 3.25. The highest BCUT2D eigenvalue weighted by Crippen LogP contribution is 2.18. The number of amides is 1. The lowest BCUT2D eigenvalue weighted by Crippen LogP contribution is -2.37. The first kappa shape index (κ1) is 14.3. The molecule has 0 fully saturated rings. The number of aryl methyl sites for hydroxylation is 1. The van der Waals surface area contributed by atoms with E-state index in [0.717, 1.165) is 11.1 Å². The molecule has 2 N–H and O–H groups in total. The summed E-state index contributed by atoms with van der Waals surface area (Å²) in [6, 6.07) is 16.3. The van der Waals surface area contributed by atoms with Gasteiger partial charge in [0, 0.05) is 5.56 Å². The van der Waals surface area contributed by atoms with Gasteiger partial charge in [-0.2, -0.15) is 0 Å². The Labute approximate surface area is 119 Å². The van der Waals surface area contributed by atoms with Crippen LogP contribution >= 0.6 is 0 Å². The molecule has 0 spiro atoms. The summed E-state index contributed by atoms with van der Waals surface area (Å²) in [5.41, 5.74) is 2.49. The molecule has 0 saturated heterocycles. The molecule has 0 unspecified atom stereocenters. The molecular weight excluding hydrogens is 250 g/mol. The van der Waals surface area contributed by atoms with Gasteiger partial charge in [-0.25, -0.2) is 0 Å². The van der Waals surface area contributed by atoms with Gasteiger partial charge >= 0.3 is 0 Å². The van der Waals surface area contributed by atoms with E-state index in [9.17, 15) is 9.90 Å². The van der Waals surface area contributed by atoms with Crippen LogP contribution in [0.15, 0.2) is 54.6 Å². The van der Waals surface area contributed by atoms with Crippen LogP contribution in [0, 0.1) is 6.92 Å². The van der Waals surface area contributed by atoms with Gasteiger partial charge < -0.3 is 10.4 Å². The van der Waals surface area contributed by atoms with Gasteiger partial charge in [0.15, 0.2) is 0 Å². The van der Waals surface area contributed by atoms with E-state index in [1.165, 1.54) is 0 Å². The molecule has 2 aromatic carbocycles. The number of nitrogens with one attached hydrogen (secondary N) is 1. The number of aliphatic hydroxyl groups excluding tert-OH is 1. The molecule has 2 rings (SSSR count). The highest BCUT2D eigenvalue weighted by atomic mass is 16.3. The number of benzene rings is 2. The molecule has 2 atom stereocenters. The maximum absolute atomic E-state index is 12.0. The summed E-state index contributed by atoms with van der Waals surface area (Å²) in [7, 11) is 0. The van der Waals surface area contributed by atoms with Gasteiger partial charge in [-0.3, -0.25) is 4.79 Å². The van der Waals surface area contributed by atoms with Crippen LogP contribution in [0.3, 0.4) is 0 Å². The van der Waals surface area contributed by atoms with Crippen LogP contribution in [0.25, 0.3) is 0 Å². The van der Waals surface area contributed by atoms with Gasteiger partial charge in [0.1, 0.15) is 0 Å². The Kier molecular flexibility index (Phi) is 4.53. The van der Waals surface area contributed by atoms with Gasteiger partial charge in [0.2, 0.25) is 0 Å². The molecule has 3 nitrogen and oxygen atoms in total. The monoisotopic (exact) mass is 269 g/mol. The Hall–Kier alpha value is -2.13. The predicted octanol–water partition coefficient (Wildman–Crippen LogP) is 2.85. The second-order valence-corrected chi connectivity index (χ2v) is 4.99. The van der Waals surface area contributed by atoms with Crippen molar-refractivity contribution in [2.45, 2.75) is 26.0 Å². The summed E-state index contributed by atoms with van der Waals surface area (Å²) < 4.78 is 0. The van der Waals surface area contributed by atoms with Crippen LogP contribution in [0.1, 0.15) is 34.5 Å². The van der Waals surface area contributed by atoms with Crippen LogP contribution in [-0.2, 0) is 0 Å². The first-order valence-electron chi connectivity index (χ1n) is 6.68. The Morgan fingerprint density at radius 3 is 2.45 bits per heavy atom. The maximum atomic E-state index is 12.0. The van der Waals surface area contributed by atoms with E-state index in [1.54, 1.807) is 19.1 Å². The van der Waals surface area contributed by atoms with Gasteiger partial charge in [-0.05, 0) is 31.5 Å². The van der Waals surface area contributed by atoms with Gasteiger partial charge in [0.25, 0.3) is 5.91 Å². The lowest BCUT2D eigenvalue weighted by atomic mass is 10.0. The fourth-order valence-corrected chi connectivity index (χ4v) is 2.10. The van der Waals surface area contributed by atoms with Crippen LogP contribution in [-0.4, -0.2) is 17.1 Å². The number of carbonyl (C=O) groups is 1. The van der Waals surface area contributed by atoms with Crippen molar-refractivity contribution in [1.29, 1.82) is 0 Å². The molecule has 0 aromatic heterocycles. The second kappa shape index (κ2) is 6.35. The van der Waals surface area contributed by atoms with Crippen LogP contribution in [0.5, 0.6) is 0 Å². The zero-order valence-electron chi connectivity index (χ0n) is 11.7. The molecule has 3 heteroatoms. The van der Waals surface area contributed by atoms with E-state index in [0.29, 0.717) is 5.56 Å². The van der Waals surface area contributed by atoms with Gasteiger partial charge in [-0.1, -0.05) is 48.0 Å². The van der Waals surface area contributed by atoms with Crippen LogP contribution in [0.4, 0.5) is 0 Å². The Bertz CT molecular complexity index is 581. The zero-order valence-corrected chi connectivity index (χ0v) is 11.7. The number of hydrogen-bond acceptors (Lipinski definition) is 2. The molecule has 2 aromatic rings. The Morgan fingerprint density at radius 2 is 1.80 bits per heavy atom. The first-order valence-corrected chi connectivity index (χ1v) is 6.68. The van der Waals surface area contributed by atoms with Crippen molar-refractivity contribution in [2.24, 2.45) is 0 Å². The average Bonchev–Trinajstić information content (AvgIpc) is 2.47. The normalized spacial score (nSPS) is 13.6. The molecule has 0 radical (unpaired) electrons. The zero-order chi connectivity index (χ0) is 14.5. The molecule has 0 aliphatic rings. The fraction of sp³-hybridized carbons (Fsp3) is 0.235. The van der Waals surface area contributed by atoms with Crippen LogP contribution in [0.2, 0.25) is 0 Å². The quantitative estimate of drug-likeness (QED) is 0.896. The third kappa shape index (κ3) is 3.45. The van der Waals surface area contributed by atoms with Crippen molar-refractivity contribution in [2.75, 3.05) is 0 Å². The summed E-state index contributed by atoms with van der Waals surface area (Å²) in [4.78, 5) is 12.0. The van der Waals surface area contributed by atoms with Crippen molar-refractivity contribution in [1.82, 2.24) is 5.32 Å².